The van der Waals surface area contributed by atoms with Crippen LogP contribution in [0.25, 0.3) is 22.2 Å². The van der Waals surface area contributed by atoms with Crippen LogP contribution < -0.4 is 20.3 Å². The Bertz CT molecular complexity index is 1660. The first-order valence-corrected chi connectivity index (χ1v) is 14.3. The molecule has 2 N–H and O–H groups in total. The van der Waals surface area contributed by atoms with Gasteiger partial charge in [-0.25, -0.2) is 22.4 Å². The number of methoxy groups -OCH3 is 1. The van der Waals surface area contributed by atoms with E-state index in [-0.39, 0.29) is 11.9 Å². The van der Waals surface area contributed by atoms with Gasteiger partial charge in [-0.05, 0) is 38.4 Å². The summed E-state index contributed by atoms with van der Waals surface area (Å²) in [5.41, 5.74) is 3.60. The number of nitrogens with zero attached hydrogens (tertiary/aromatic N) is 5. The van der Waals surface area contributed by atoms with Crippen molar-refractivity contribution < 1.29 is 17.9 Å². The summed E-state index contributed by atoms with van der Waals surface area (Å²) in [6.45, 7) is 5.08. The normalized spacial score (nSPS) is 11.4. The molecule has 2 aromatic heterocycles. The number of hydrogen-bond acceptors (Lipinski definition) is 9. The maximum Gasteiger partial charge on any atom is 0.247 e. The van der Waals surface area contributed by atoms with E-state index in [1.807, 2.05) is 44.2 Å². The molecule has 11 nitrogen and oxygen atoms in total. The summed E-state index contributed by atoms with van der Waals surface area (Å²) in [5.74, 6) is 0.437. The molecule has 0 aliphatic heterocycles. The minimum absolute atomic E-state index is 0.265. The Hall–Kier alpha value is -4.42. The minimum Gasteiger partial charge on any atom is -0.494 e. The van der Waals surface area contributed by atoms with Crippen molar-refractivity contribution >= 4 is 49.8 Å². The second kappa shape index (κ2) is 11.8. The molecule has 0 bridgehead atoms. The van der Waals surface area contributed by atoms with Crippen LogP contribution in [0.2, 0.25) is 0 Å². The summed E-state index contributed by atoms with van der Waals surface area (Å²) in [6.07, 6.45) is 5.52. The molecular weight excluding hydrogens is 530 g/mol. The fourth-order valence-electron chi connectivity index (χ4n) is 4.22. The van der Waals surface area contributed by atoms with Gasteiger partial charge in [0, 0.05) is 49.5 Å². The third-order valence-electron chi connectivity index (χ3n) is 6.27. The molecule has 4 rings (SSSR count). The molecule has 1 amide bonds. The molecule has 0 saturated carbocycles. The Balaban J connectivity index is 1.75. The van der Waals surface area contributed by atoms with Gasteiger partial charge in [-0.2, -0.15) is 0 Å². The number of ether oxygens (including phenoxy) is 1. The Morgan fingerprint density at radius 1 is 1.12 bits per heavy atom. The number of likely N-dealkylation sites (N-methyl/N-ethyl adjacent to an activating group) is 2. The van der Waals surface area contributed by atoms with Gasteiger partial charge in [-0.15, -0.1) is 0 Å². The van der Waals surface area contributed by atoms with Gasteiger partial charge < -0.3 is 25.2 Å². The summed E-state index contributed by atoms with van der Waals surface area (Å²) in [6, 6.07) is 12.5. The fourth-order valence-corrected chi connectivity index (χ4v) is 5.04. The Kier molecular flexibility index (Phi) is 8.40. The second-order valence-corrected chi connectivity index (χ2v) is 11.4. The maximum absolute atomic E-state index is 12.4. The predicted molar refractivity (Wildman–Crippen MR) is 160 cm³/mol. The zero-order valence-electron chi connectivity index (χ0n) is 23.2. The lowest BCUT2D eigenvalue weighted by atomic mass is 10.1. The third-order valence-corrected chi connectivity index (χ3v) is 7.28. The first-order valence-electron chi connectivity index (χ1n) is 12.4. The molecule has 0 aliphatic carbocycles. The lowest BCUT2D eigenvalue weighted by Crippen LogP contribution is -2.29. The van der Waals surface area contributed by atoms with E-state index in [0.29, 0.717) is 40.4 Å². The Labute approximate surface area is 234 Å². The van der Waals surface area contributed by atoms with Crippen LogP contribution >= 0.6 is 0 Å². The largest absolute Gasteiger partial charge is 0.494 e. The number of anilines is 4. The maximum atomic E-state index is 12.4. The van der Waals surface area contributed by atoms with Gasteiger partial charge in [-0.3, -0.25) is 4.79 Å². The summed E-state index contributed by atoms with van der Waals surface area (Å²) in [7, 11) is 3.96. The van der Waals surface area contributed by atoms with Crippen molar-refractivity contribution in [1.29, 1.82) is 0 Å². The number of aromatic nitrogens is 3. The average Bonchev–Trinajstić information content (AvgIpc) is 3.32. The first kappa shape index (κ1) is 28.6. The van der Waals surface area contributed by atoms with E-state index in [4.69, 9.17) is 4.74 Å². The van der Waals surface area contributed by atoms with E-state index in [0.717, 1.165) is 23.9 Å². The average molecular weight is 564 g/mol. The van der Waals surface area contributed by atoms with Crippen LogP contribution in [0.3, 0.4) is 0 Å². The number of carbonyl (C=O) groups excluding carboxylic acids is 1. The van der Waals surface area contributed by atoms with Crippen molar-refractivity contribution in [3.63, 3.8) is 0 Å². The van der Waals surface area contributed by atoms with Gasteiger partial charge in [0.15, 0.2) is 0 Å². The van der Waals surface area contributed by atoms with E-state index in [2.05, 4.69) is 32.1 Å². The fraction of sp³-hybridized carbons (Fsp3) is 0.250. The smallest absolute Gasteiger partial charge is 0.247 e. The highest BCUT2D eigenvalue weighted by Crippen LogP contribution is 2.38. The molecule has 0 unspecified atom stereocenters. The van der Waals surface area contributed by atoms with Crippen LogP contribution in [0.4, 0.5) is 23.0 Å². The van der Waals surface area contributed by atoms with Crippen molar-refractivity contribution in [2.75, 3.05) is 63.1 Å². The van der Waals surface area contributed by atoms with Crippen molar-refractivity contribution in [2.45, 2.75) is 0 Å². The zero-order chi connectivity index (χ0) is 29.0. The molecule has 0 saturated heterocycles. The number of amides is 1. The lowest BCUT2D eigenvalue weighted by Gasteiger charge is -2.26. The van der Waals surface area contributed by atoms with Crippen LogP contribution in [-0.2, 0) is 14.8 Å². The van der Waals surface area contributed by atoms with E-state index < -0.39 is 10.0 Å². The van der Waals surface area contributed by atoms with Crippen molar-refractivity contribution in [2.24, 2.45) is 0 Å². The van der Waals surface area contributed by atoms with E-state index >= 15 is 0 Å². The van der Waals surface area contributed by atoms with Crippen molar-refractivity contribution in [3.8, 4) is 17.0 Å². The predicted octanol–water partition coefficient (Wildman–Crippen LogP) is 3.78. The second-order valence-electron chi connectivity index (χ2n) is 9.50. The molecule has 2 heterocycles. The number of para-hydroxylation sites is 1. The summed E-state index contributed by atoms with van der Waals surface area (Å²) in [5, 5.41) is 6.81. The highest BCUT2D eigenvalue weighted by Gasteiger charge is 2.19. The van der Waals surface area contributed by atoms with Crippen molar-refractivity contribution in [3.05, 3.63) is 67.5 Å². The van der Waals surface area contributed by atoms with Gasteiger partial charge in [0.1, 0.15) is 5.75 Å². The number of nitrogens with one attached hydrogen (secondary N) is 2. The zero-order valence-corrected chi connectivity index (χ0v) is 24.0. The molecular formula is C28H33N7O4S. The molecule has 0 fully saturated rings. The van der Waals surface area contributed by atoms with Crippen LogP contribution in [0.5, 0.6) is 5.75 Å². The molecule has 4 aromatic rings. The minimum atomic E-state index is -3.53. The van der Waals surface area contributed by atoms with Gasteiger partial charge in [0.25, 0.3) is 0 Å². The topological polar surface area (TPSA) is 122 Å². The third kappa shape index (κ3) is 6.24. The summed E-state index contributed by atoms with van der Waals surface area (Å²) >= 11 is 0. The number of rotatable bonds is 11. The van der Waals surface area contributed by atoms with Gasteiger partial charge in [0.2, 0.25) is 21.9 Å². The molecule has 40 heavy (non-hydrogen) atoms. The molecule has 0 radical (unpaired) electrons. The van der Waals surface area contributed by atoms with E-state index in [1.54, 1.807) is 43.8 Å². The van der Waals surface area contributed by atoms with Crippen LogP contribution in [0.1, 0.15) is 0 Å². The summed E-state index contributed by atoms with van der Waals surface area (Å²) < 4.78 is 31.7. The Morgan fingerprint density at radius 3 is 2.55 bits per heavy atom. The highest BCUT2D eigenvalue weighted by atomic mass is 32.2. The molecule has 0 aliphatic rings. The van der Waals surface area contributed by atoms with Gasteiger partial charge in [0.05, 0.1) is 41.6 Å². The number of carbonyl (C=O) groups is 1. The summed E-state index contributed by atoms with van der Waals surface area (Å²) in [4.78, 5) is 25.4. The Morgan fingerprint density at radius 2 is 1.88 bits per heavy atom. The first-order chi connectivity index (χ1) is 19.0. The molecule has 2 aromatic carbocycles. The number of benzene rings is 2. The quantitative estimate of drug-likeness (QED) is 0.263. The molecule has 12 heteroatoms. The molecule has 0 spiro atoms. The van der Waals surface area contributed by atoms with Crippen LogP contribution in [-0.4, -0.2) is 80.8 Å². The van der Waals surface area contributed by atoms with Crippen LogP contribution in [0, 0.1) is 0 Å². The van der Waals surface area contributed by atoms with E-state index in [1.165, 1.54) is 10.0 Å². The SMILES string of the molecule is C=CC(=O)Nc1cc(Nc2nccc(-c3cn(S(C)(=O)=O)c4ccccc34)n2)c(OC)cc1N(C)CCN(C)C. The standard InChI is InChI=1S/C28H33N7O4S/c1-7-27(36)30-22-16-23(26(39-5)17-25(22)34(4)15-14-33(2)3)32-28-29-13-12-21(31-28)20-18-35(40(6,37)38)24-11-9-8-10-19(20)24/h7-13,16-18H,1,14-15H2,2-6H3,(H,30,36)(H,29,31,32). The van der Waals surface area contributed by atoms with Crippen LogP contribution in [0.15, 0.2) is 67.5 Å². The number of fused-ring (bicyclic) bond motifs is 1. The van der Waals surface area contributed by atoms with Gasteiger partial charge in [-0.1, -0.05) is 24.8 Å². The van der Waals surface area contributed by atoms with Gasteiger partial charge >= 0.3 is 0 Å². The highest BCUT2D eigenvalue weighted by molar-refractivity contribution is 7.89. The lowest BCUT2D eigenvalue weighted by molar-refractivity contribution is -0.111. The van der Waals surface area contributed by atoms with Crippen molar-refractivity contribution in [1.82, 2.24) is 18.8 Å². The number of hydrogen-bond donors (Lipinski definition) is 2. The molecule has 0 atom stereocenters. The molecule has 210 valence electrons. The monoisotopic (exact) mass is 563 g/mol. The van der Waals surface area contributed by atoms with E-state index in [9.17, 15) is 13.2 Å².